The second-order valence-corrected chi connectivity index (χ2v) is 7.05. The molecule has 2 aromatic carbocycles. The molecule has 0 radical (unpaired) electrons. The summed E-state index contributed by atoms with van der Waals surface area (Å²) >= 11 is 0. The first kappa shape index (κ1) is 18.2. The zero-order valence-electron chi connectivity index (χ0n) is 15.3. The number of Topliss-reactive ketones (excluding diaryl/α,β-unsaturated/α-hetero) is 1. The summed E-state index contributed by atoms with van der Waals surface area (Å²) in [6, 6.07) is 15.0. The van der Waals surface area contributed by atoms with Gasteiger partial charge in [0.05, 0.1) is 6.54 Å². The number of rotatable bonds is 5. The van der Waals surface area contributed by atoms with Gasteiger partial charge in [0.1, 0.15) is 0 Å². The minimum absolute atomic E-state index is 0.0134. The van der Waals surface area contributed by atoms with Crippen molar-refractivity contribution in [1.29, 1.82) is 0 Å². The molecule has 136 valence electrons. The summed E-state index contributed by atoms with van der Waals surface area (Å²) < 4.78 is 0. The molecule has 4 heteroatoms. The molecule has 2 amide bonds. The molecule has 0 heterocycles. The molecule has 1 aliphatic carbocycles. The van der Waals surface area contributed by atoms with Crippen LogP contribution in [0.4, 0.5) is 10.5 Å². The molecule has 0 unspecified atom stereocenters. The number of nitrogens with one attached hydrogen (secondary N) is 2. The number of aryl methyl sites for hydroxylation is 1. The van der Waals surface area contributed by atoms with Crippen molar-refractivity contribution in [2.75, 3.05) is 11.9 Å². The number of benzene rings is 2. The monoisotopic (exact) mass is 350 g/mol. The Hall–Kier alpha value is -2.62. The lowest BCUT2D eigenvalue weighted by Crippen LogP contribution is -2.33. The van der Waals surface area contributed by atoms with Gasteiger partial charge in [0.25, 0.3) is 0 Å². The Labute approximate surface area is 155 Å². The highest BCUT2D eigenvalue weighted by atomic mass is 16.2. The van der Waals surface area contributed by atoms with Crippen molar-refractivity contribution < 1.29 is 9.59 Å². The highest BCUT2D eigenvalue weighted by Crippen LogP contribution is 2.32. The summed E-state index contributed by atoms with van der Waals surface area (Å²) in [5.41, 5.74) is 3.80. The molecule has 0 aromatic heterocycles. The fourth-order valence-corrected chi connectivity index (χ4v) is 3.45. The molecular formula is C22H26N2O2. The molecule has 4 nitrogen and oxygen atoms in total. The quantitative estimate of drug-likeness (QED) is 0.742. The zero-order valence-corrected chi connectivity index (χ0v) is 15.3. The van der Waals surface area contributed by atoms with Crippen molar-refractivity contribution in [2.24, 2.45) is 0 Å². The Kier molecular flexibility index (Phi) is 6.05. The van der Waals surface area contributed by atoms with Crippen molar-refractivity contribution in [1.82, 2.24) is 5.32 Å². The van der Waals surface area contributed by atoms with Gasteiger partial charge in [0, 0.05) is 11.3 Å². The first-order valence-corrected chi connectivity index (χ1v) is 9.36. The van der Waals surface area contributed by atoms with Gasteiger partial charge in [-0.3, -0.25) is 4.79 Å². The van der Waals surface area contributed by atoms with Crippen LogP contribution >= 0.6 is 0 Å². The van der Waals surface area contributed by atoms with Crippen LogP contribution in [-0.4, -0.2) is 18.4 Å². The topological polar surface area (TPSA) is 58.2 Å². The lowest BCUT2D eigenvalue weighted by atomic mass is 9.84. The first-order chi connectivity index (χ1) is 12.6. The first-order valence-electron chi connectivity index (χ1n) is 9.36. The maximum absolute atomic E-state index is 12.3. The lowest BCUT2D eigenvalue weighted by Gasteiger charge is -2.22. The maximum atomic E-state index is 12.3. The lowest BCUT2D eigenvalue weighted by molar-refractivity contribution is 0.0993. The smallest absolute Gasteiger partial charge is 0.319 e. The van der Waals surface area contributed by atoms with Crippen LogP contribution in [0.2, 0.25) is 0 Å². The van der Waals surface area contributed by atoms with E-state index in [-0.39, 0.29) is 18.4 Å². The maximum Gasteiger partial charge on any atom is 0.319 e. The van der Waals surface area contributed by atoms with E-state index in [1.54, 1.807) is 0 Å². The minimum Gasteiger partial charge on any atom is -0.330 e. The third kappa shape index (κ3) is 4.94. The standard InChI is InChI=1S/C22H26N2O2/c1-16-7-13-20(14-8-16)24-22(26)23-15-21(25)19-11-9-18(10-12-19)17-5-3-2-4-6-17/h7-14,17H,2-6,15H2,1H3,(H2,23,24,26). The third-order valence-electron chi connectivity index (χ3n) is 5.03. The van der Waals surface area contributed by atoms with E-state index >= 15 is 0 Å². The van der Waals surface area contributed by atoms with E-state index in [4.69, 9.17) is 0 Å². The largest absolute Gasteiger partial charge is 0.330 e. The summed E-state index contributed by atoms with van der Waals surface area (Å²) in [5.74, 6) is 0.547. The second-order valence-electron chi connectivity index (χ2n) is 7.05. The summed E-state index contributed by atoms with van der Waals surface area (Å²) in [6.45, 7) is 1.97. The SMILES string of the molecule is Cc1ccc(NC(=O)NCC(=O)c2ccc(C3CCCCC3)cc2)cc1. The van der Waals surface area contributed by atoms with Crippen molar-refractivity contribution in [2.45, 2.75) is 44.9 Å². The zero-order chi connectivity index (χ0) is 18.4. The van der Waals surface area contributed by atoms with Crippen molar-refractivity contribution in [3.63, 3.8) is 0 Å². The van der Waals surface area contributed by atoms with E-state index in [0.29, 0.717) is 17.2 Å². The van der Waals surface area contributed by atoms with E-state index in [1.807, 2.05) is 43.3 Å². The number of carbonyl (C=O) groups excluding carboxylic acids is 2. The normalized spacial score (nSPS) is 14.7. The molecule has 0 saturated heterocycles. The molecule has 26 heavy (non-hydrogen) atoms. The van der Waals surface area contributed by atoms with Crippen molar-refractivity contribution in [3.05, 3.63) is 65.2 Å². The van der Waals surface area contributed by atoms with Crippen LogP contribution in [0.1, 0.15) is 59.5 Å². The van der Waals surface area contributed by atoms with Crippen LogP contribution in [-0.2, 0) is 0 Å². The molecule has 1 aliphatic rings. The molecule has 0 bridgehead atoms. The van der Waals surface area contributed by atoms with Gasteiger partial charge in [0.15, 0.2) is 5.78 Å². The van der Waals surface area contributed by atoms with Gasteiger partial charge in [0.2, 0.25) is 0 Å². The molecule has 0 aliphatic heterocycles. The molecule has 1 saturated carbocycles. The predicted molar refractivity (Wildman–Crippen MR) is 105 cm³/mol. The Morgan fingerprint density at radius 1 is 0.923 bits per heavy atom. The molecule has 2 N–H and O–H groups in total. The van der Waals surface area contributed by atoms with Crippen LogP contribution in [0.25, 0.3) is 0 Å². The fraction of sp³-hybridized carbons (Fsp3) is 0.364. The third-order valence-corrected chi connectivity index (χ3v) is 5.03. The van der Waals surface area contributed by atoms with Gasteiger partial charge in [-0.2, -0.15) is 0 Å². The van der Waals surface area contributed by atoms with Gasteiger partial charge in [-0.15, -0.1) is 0 Å². The van der Waals surface area contributed by atoms with Gasteiger partial charge in [-0.25, -0.2) is 4.79 Å². The van der Waals surface area contributed by atoms with Gasteiger partial charge in [-0.05, 0) is 43.4 Å². The molecule has 2 aromatic rings. The van der Waals surface area contributed by atoms with Gasteiger partial charge in [-0.1, -0.05) is 61.2 Å². The minimum atomic E-state index is -0.374. The highest BCUT2D eigenvalue weighted by Gasteiger charge is 2.16. The predicted octanol–water partition coefficient (Wildman–Crippen LogP) is 5.05. The Bertz CT molecular complexity index is 745. The average Bonchev–Trinajstić information content (AvgIpc) is 2.69. The van der Waals surface area contributed by atoms with E-state index in [2.05, 4.69) is 22.8 Å². The number of ketones is 1. The Morgan fingerprint density at radius 3 is 2.23 bits per heavy atom. The highest BCUT2D eigenvalue weighted by molar-refractivity contribution is 6.00. The second kappa shape index (κ2) is 8.65. The van der Waals surface area contributed by atoms with Gasteiger partial charge < -0.3 is 10.6 Å². The van der Waals surface area contributed by atoms with Crippen LogP contribution in [0.5, 0.6) is 0 Å². The van der Waals surface area contributed by atoms with Crippen LogP contribution < -0.4 is 10.6 Å². The molecule has 0 spiro atoms. The van der Waals surface area contributed by atoms with E-state index in [9.17, 15) is 9.59 Å². The number of hydrogen-bond acceptors (Lipinski definition) is 2. The molecular weight excluding hydrogens is 324 g/mol. The number of anilines is 1. The van der Waals surface area contributed by atoms with E-state index in [0.717, 1.165) is 5.56 Å². The van der Waals surface area contributed by atoms with E-state index < -0.39 is 0 Å². The number of hydrogen-bond donors (Lipinski definition) is 2. The summed E-state index contributed by atoms with van der Waals surface area (Å²) in [5, 5.41) is 5.35. The number of carbonyl (C=O) groups is 2. The molecule has 0 atom stereocenters. The number of urea groups is 1. The summed E-state index contributed by atoms with van der Waals surface area (Å²) in [7, 11) is 0. The van der Waals surface area contributed by atoms with Crippen molar-refractivity contribution in [3.8, 4) is 0 Å². The number of amides is 2. The Morgan fingerprint density at radius 2 is 1.58 bits per heavy atom. The molecule has 1 fully saturated rings. The van der Waals surface area contributed by atoms with Crippen LogP contribution in [0.15, 0.2) is 48.5 Å². The summed E-state index contributed by atoms with van der Waals surface area (Å²) in [4.78, 5) is 24.2. The fourth-order valence-electron chi connectivity index (χ4n) is 3.45. The van der Waals surface area contributed by atoms with Crippen LogP contribution in [0, 0.1) is 6.92 Å². The van der Waals surface area contributed by atoms with Crippen LogP contribution in [0.3, 0.4) is 0 Å². The van der Waals surface area contributed by atoms with Gasteiger partial charge >= 0.3 is 6.03 Å². The van der Waals surface area contributed by atoms with Crippen molar-refractivity contribution >= 4 is 17.5 Å². The molecule has 3 rings (SSSR count). The average molecular weight is 350 g/mol. The van der Waals surface area contributed by atoms with E-state index in [1.165, 1.54) is 37.7 Å². The Balaban J connectivity index is 1.49. The summed E-state index contributed by atoms with van der Waals surface area (Å²) in [6.07, 6.45) is 6.42.